The second-order valence-corrected chi connectivity index (χ2v) is 2.55. The molecule has 70 valence electrons. The van der Waals surface area contributed by atoms with Gasteiger partial charge in [-0.25, -0.2) is 0 Å². The first kappa shape index (κ1) is 11.1. The van der Waals surface area contributed by atoms with Crippen LogP contribution in [0.5, 0.6) is 0 Å². The van der Waals surface area contributed by atoms with Gasteiger partial charge < -0.3 is 14.9 Å². The molecule has 0 aliphatic rings. The fourth-order valence-corrected chi connectivity index (χ4v) is 0.679. The molecule has 0 rings (SSSR count). The standard InChI is InChI=1S/C8H14O4/c1-6(2)12-8(11)5-7(10)3-4-9/h7,9-10H,1,3-5H2,2H3. The topological polar surface area (TPSA) is 66.8 Å². The van der Waals surface area contributed by atoms with E-state index < -0.39 is 12.1 Å². The van der Waals surface area contributed by atoms with E-state index in [1.807, 2.05) is 0 Å². The summed E-state index contributed by atoms with van der Waals surface area (Å²) in [4.78, 5) is 10.8. The van der Waals surface area contributed by atoms with Gasteiger partial charge in [0, 0.05) is 6.61 Å². The Hall–Kier alpha value is -0.870. The number of rotatable bonds is 5. The maximum Gasteiger partial charge on any atom is 0.313 e. The summed E-state index contributed by atoms with van der Waals surface area (Å²) < 4.78 is 4.59. The number of carbonyl (C=O) groups is 1. The minimum absolute atomic E-state index is 0.104. The maximum atomic E-state index is 10.8. The summed E-state index contributed by atoms with van der Waals surface area (Å²) in [6.07, 6.45) is -0.750. The summed E-state index contributed by atoms with van der Waals surface area (Å²) >= 11 is 0. The van der Waals surface area contributed by atoms with E-state index >= 15 is 0 Å². The Morgan fingerprint density at radius 1 is 1.67 bits per heavy atom. The summed E-state index contributed by atoms with van der Waals surface area (Å²) in [6, 6.07) is 0. The molecular formula is C8H14O4. The van der Waals surface area contributed by atoms with Crippen LogP contribution in [0.3, 0.4) is 0 Å². The minimum Gasteiger partial charge on any atom is -0.432 e. The Kier molecular flexibility index (Phi) is 5.32. The molecule has 0 aliphatic heterocycles. The third kappa shape index (κ3) is 5.88. The lowest BCUT2D eigenvalue weighted by atomic mass is 10.2. The third-order valence-corrected chi connectivity index (χ3v) is 1.15. The zero-order chi connectivity index (χ0) is 9.56. The minimum atomic E-state index is -0.832. The van der Waals surface area contributed by atoms with Gasteiger partial charge in [-0.1, -0.05) is 6.58 Å². The van der Waals surface area contributed by atoms with Gasteiger partial charge in [-0.05, 0) is 13.3 Å². The van der Waals surface area contributed by atoms with Crippen LogP contribution in [0, 0.1) is 0 Å². The Bertz CT molecular complexity index is 164. The number of esters is 1. The van der Waals surface area contributed by atoms with Gasteiger partial charge in [0.25, 0.3) is 0 Å². The highest BCUT2D eigenvalue weighted by Crippen LogP contribution is 2.01. The predicted molar refractivity (Wildman–Crippen MR) is 43.2 cm³/mol. The predicted octanol–water partition coefficient (Wildman–Crippen LogP) is 0.197. The van der Waals surface area contributed by atoms with E-state index in [0.717, 1.165) is 0 Å². The molecule has 0 aromatic rings. The average Bonchev–Trinajstić information content (AvgIpc) is 1.84. The molecule has 4 heteroatoms. The number of hydrogen-bond acceptors (Lipinski definition) is 4. The fraction of sp³-hybridized carbons (Fsp3) is 0.625. The molecule has 12 heavy (non-hydrogen) atoms. The van der Waals surface area contributed by atoms with Crippen LogP contribution >= 0.6 is 0 Å². The number of aliphatic hydroxyl groups excluding tert-OH is 2. The van der Waals surface area contributed by atoms with Crippen molar-refractivity contribution in [3.63, 3.8) is 0 Å². The highest BCUT2D eigenvalue weighted by atomic mass is 16.5. The first-order valence-corrected chi connectivity index (χ1v) is 3.71. The van der Waals surface area contributed by atoms with Gasteiger partial charge in [0.2, 0.25) is 0 Å². The molecule has 0 heterocycles. The smallest absolute Gasteiger partial charge is 0.313 e. The number of carbonyl (C=O) groups excluding carboxylic acids is 1. The molecule has 0 spiro atoms. The second-order valence-electron chi connectivity index (χ2n) is 2.55. The number of aliphatic hydroxyl groups is 2. The summed E-state index contributed by atoms with van der Waals surface area (Å²) in [5.74, 6) is -0.223. The van der Waals surface area contributed by atoms with E-state index in [2.05, 4.69) is 11.3 Å². The Balaban J connectivity index is 3.61. The SMILES string of the molecule is C=C(C)OC(=O)CC(O)CCO. The van der Waals surface area contributed by atoms with Crippen molar-refractivity contribution in [2.24, 2.45) is 0 Å². The van der Waals surface area contributed by atoms with Gasteiger partial charge in [-0.3, -0.25) is 4.79 Å². The molecule has 0 aliphatic carbocycles. The molecule has 0 fully saturated rings. The molecule has 0 saturated carbocycles. The van der Waals surface area contributed by atoms with E-state index in [4.69, 9.17) is 10.2 Å². The Morgan fingerprint density at radius 2 is 2.25 bits per heavy atom. The van der Waals surface area contributed by atoms with Gasteiger partial charge in [0.05, 0.1) is 18.3 Å². The second kappa shape index (κ2) is 5.74. The van der Waals surface area contributed by atoms with E-state index in [9.17, 15) is 4.79 Å². The van der Waals surface area contributed by atoms with Crippen LogP contribution in [-0.4, -0.2) is 28.9 Å². The van der Waals surface area contributed by atoms with Gasteiger partial charge in [0.15, 0.2) is 0 Å². The van der Waals surface area contributed by atoms with Crippen molar-refractivity contribution in [3.05, 3.63) is 12.3 Å². The molecule has 0 aromatic heterocycles. The lowest BCUT2D eigenvalue weighted by Gasteiger charge is -2.07. The van der Waals surface area contributed by atoms with Crippen LogP contribution in [-0.2, 0) is 9.53 Å². The van der Waals surface area contributed by atoms with Crippen molar-refractivity contribution in [3.8, 4) is 0 Å². The Morgan fingerprint density at radius 3 is 2.67 bits per heavy atom. The van der Waals surface area contributed by atoms with Crippen molar-refractivity contribution >= 4 is 5.97 Å². The number of allylic oxidation sites excluding steroid dienone is 1. The first-order chi connectivity index (χ1) is 5.56. The average molecular weight is 174 g/mol. The molecule has 0 amide bonds. The van der Waals surface area contributed by atoms with Crippen molar-refractivity contribution in [1.82, 2.24) is 0 Å². The number of ether oxygens (including phenoxy) is 1. The van der Waals surface area contributed by atoms with Crippen LogP contribution in [0.25, 0.3) is 0 Å². The summed E-state index contributed by atoms with van der Waals surface area (Å²) in [6.45, 7) is 4.79. The maximum absolute atomic E-state index is 10.8. The molecule has 0 radical (unpaired) electrons. The molecule has 2 N–H and O–H groups in total. The van der Waals surface area contributed by atoms with Gasteiger partial charge in [0.1, 0.15) is 0 Å². The van der Waals surface area contributed by atoms with Crippen LogP contribution in [0.4, 0.5) is 0 Å². The summed E-state index contributed by atoms with van der Waals surface area (Å²) in [5.41, 5.74) is 0. The first-order valence-electron chi connectivity index (χ1n) is 3.71. The van der Waals surface area contributed by atoms with E-state index in [1.54, 1.807) is 6.92 Å². The molecule has 0 saturated heterocycles. The number of hydrogen-bond donors (Lipinski definition) is 2. The van der Waals surface area contributed by atoms with Crippen LogP contribution in [0.2, 0.25) is 0 Å². The summed E-state index contributed by atoms with van der Waals surface area (Å²) in [7, 11) is 0. The van der Waals surface area contributed by atoms with E-state index in [-0.39, 0.29) is 19.4 Å². The third-order valence-electron chi connectivity index (χ3n) is 1.15. The summed E-state index contributed by atoms with van der Waals surface area (Å²) in [5, 5.41) is 17.4. The lowest BCUT2D eigenvalue weighted by Crippen LogP contribution is -2.16. The van der Waals surface area contributed by atoms with Crippen molar-refractivity contribution in [1.29, 1.82) is 0 Å². The van der Waals surface area contributed by atoms with Crippen molar-refractivity contribution in [2.45, 2.75) is 25.9 Å². The highest BCUT2D eigenvalue weighted by molar-refractivity contribution is 5.70. The Labute approximate surface area is 71.5 Å². The zero-order valence-corrected chi connectivity index (χ0v) is 7.12. The quantitative estimate of drug-likeness (QED) is 0.461. The largest absolute Gasteiger partial charge is 0.432 e. The lowest BCUT2D eigenvalue weighted by molar-refractivity contribution is -0.141. The van der Waals surface area contributed by atoms with Crippen molar-refractivity contribution in [2.75, 3.05) is 6.61 Å². The molecule has 4 nitrogen and oxygen atoms in total. The molecule has 0 bridgehead atoms. The zero-order valence-electron chi connectivity index (χ0n) is 7.12. The van der Waals surface area contributed by atoms with Gasteiger partial charge >= 0.3 is 5.97 Å². The van der Waals surface area contributed by atoms with Crippen LogP contribution in [0.1, 0.15) is 19.8 Å². The van der Waals surface area contributed by atoms with Crippen LogP contribution in [0.15, 0.2) is 12.3 Å². The van der Waals surface area contributed by atoms with E-state index in [0.29, 0.717) is 5.76 Å². The molecular weight excluding hydrogens is 160 g/mol. The van der Waals surface area contributed by atoms with Gasteiger partial charge in [-0.2, -0.15) is 0 Å². The molecule has 0 aromatic carbocycles. The van der Waals surface area contributed by atoms with E-state index in [1.165, 1.54) is 0 Å². The molecule has 1 unspecified atom stereocenters. The highest BCUT2D eigenvalue weighted by Gasteiger charge is 2.11. The normalized spacial score (nSPS) is 12.2. The van der Waals surface area contributed by atoms with Crippen molar-refractivity contribution < 1.29 is 19.7 Å². The van der Waals surface area contributed by atoms with Gasteiger partial charge in [-0.15, -0.1) is 0 Å². The fourth-order valence-electron chi connectivity index (χ4n) is 0.679. The molecule has 1 atom stereocenters. The van der Waals surface area contributed by atoms with Crippen LogP contribution < -0.4 is 0 Å². The monoisotopic (exact) mass is 174 g/mol.